The van der Waals surface area contributed by atoms with E-state index in [4.69, 9.17) is 10.00 Å². The van der Waals surface area contributed by atoms with Crippen LogP contribution in [0.5, 0.6) is 0 Å². The van der Waals surface area contributed by atoms with E-state index in [-0.39, 0.29) is 11.9 Å². The summed E-state index contributed by atoms with van der Waals surface area (Å²) in [5.41, 5.74) is 0. The second-order valence-corrected chi connectivity index (χ2v) is 5.73. The van der Waals surface area contributed by atoms with Crippen LogP contribution in [0.4, 0.5) is 0 Å². The number of ether oxygens (including phenoxy) is 1. The highest BCUT2D eigenvalue weighted by atomic mass is 16.5. The Balaban J connectivity index is 2.52. The molecule has 1 N–H and O–H groups in total. The zero-order valence-electron chi connectivity index (χ0n) is 12.2. The van der Waals surface area contributed by atoms with Gasteiger partial charge in [-0.15, -0.1) is 0 Å². The summed E-state index contributed by atoms with van der Waals surface area (Å²) in [6.45, 7) is 7.44. The molecule has 1 rings (SSSR count). The number of nitrogens with one attached hydrogen (secondary N) is 1. The van der Waals surface area contributed by atoms with E-state index in [2.05, 4.69) is 30.1 Å². The van der Waals surface area contributed by atoms with Gasteiger partial charge in [0, 0.05) is 25.6 Å². The maximum absolute atomic E-state index is 11.4. The molecule has 1 aliphatic rings. The normalized spacial score (nSPS) is 24.2. The molecule has 0 aromatic heterocycles. The fourth-order valence-corrected chi connectivity index (χ4v) is 2.55. The maximum Gasteiger partial charge on any atom is 0.305 e. The molecule has 5 heteroatoms. The van der Waals surface area contributed by atoms with E-state index in [0.29, 0.717) is 24.9 Å². The van der Waals surface area contributed by atoms with E-state index in [1.807, 2.05) is 0 Å². The topological polar surface area (TPSA) is 65.4 Å². The van der Waals surface area contributed by atoms with Crippen molar-refractivity contribution in [3.63, 3.8) is 0 Å². The molecule has 0 aromatic carbocycles. The molecular weight excluding hydrogens is 242 g/mol. The minimum absolute atomic E-state index is 0.161. The number of nitriles is 1. The molecule has 5 nitrogen and oxygen atoms in total. The van der Waals surface area contributed by atoms with Gasteiger partial charge in [-0.1, -0.05) is 13.8 Å². The van der Waals surface area contributed by atoms with Crippen LogP contribution >= 0.6 is 0 Å². The van der Waals surface area contributed by atoms with E-state index in [1.54, 1.807) is 0 Å². The van der Waals surface area contributed by atoms with Gasteiger partial charge in [-0.3, -0.25) is 9.69 Å². The quantitative estimate of drug-likeness (QED) is 0.575. The number of rotatable bonds is 6. The van der Waals surface area contributed by atoms with Crippen LogP contribution < -0.4 is 5.32 Å². The Morgan fingerprint density at radius 1 is 1.53 bits per heavy atom. The Bertz CT molecular complexity index is 325. The predicted molar refractivity (Wildman–Crippen MR) is 73.4 cm³/mol. The number of hydrogen-bond donors (Lipinski definition) is 1. The van der Waals surface area contributed by atoms with E-state index in [1.165, 1.54) is 7.11 Å². The van der Waals surface area contributed by atoms with Crippen LogP contribution in [0.2, 0.25) is 0 Å². The van der Waals surface area contributed by atoms with Gasteiger partial charge in [0.05, 0.1) is 19.7 Å². The zero-order valence-corrected chi connectivity index (χ0v) is 12.2. The highest BCUT2D eigenvalue weighted by molar-refractivity contribution is 5.69. The Hall–Kier alpha value is -1.12. The van der Waals surface area contributed by atoms with Crippen molar-refractivity contribution in [3.8, 4) is 6.07 Å². The third-order valence-corrected chi connectivity index (χ3v) is 3.40. The Labute approximate surface area is 115 Å². The Morgan fingerprint density at radius 2 is 2.26 bits per heavy atom. The highest BCUT2D eigenvalue weighted by Crippen LogP contribution is 2.20. The summed E-state index contributed by atoms with van der Waals surface area (Å²) in [5.74, 6) is 0.719. The van der Waals surface area contributed by atoms with E-state index >= 15 is 0 Å². The molecule has 0 spiro atoms. The van der Waals surface area contributed by atoms with E-state index in [9.17, 15) is 4.79 Å². The first kappa shape index (κ1) is 15.9. The molecule has 2 atom stereocenters. The molecule has 0 saturated carbocycles. The van der Waals surface area contributed by atoms with Gasteiger partial charge in [0.2, 0.25) is 0 Å². The molecule has 0 aliphatic carbocycles. The number of carbonyl (C=O) groups excluding carboxylic acids is 1. The fraction of sp³-hybridized carbons (Fsp3) is 0.857. The molecule has 0 amide bonds. The lowest BCUT2D eigenvalue weighted by Crippen LogP contribution is -2.50. The van der Waals surface area contributed by atoms with Gasteiger partial charge in [-0.25, -0.2) is 0 Å². The van der Waals surface area contributed by atoms with Gasteiger partial charge in [0.1, 0.15) is 0 Å². The summed E-state index contributed by atoms with van der Waals surface area (Å²) in [5, 5.41) is 12.4. The van der Waals surface area contributed by atoms with E-state index in [0.717, 1.165) is 26.1 Å². The van der Waals surface area contributed by atoms with Gasteiger partial charge in [-0.05, 0) is 24.8 Å². The van der Waals surface area contributed by atoms with Crippen molar-refractivity contribution in [1.82, 2.24) is 10.2 Å². The van der Waals surface area contributed by atoms with E-state index < -0.39 is 0 Å². The van der Waals surface area contributed by atoms with Crippen LogP contribution in [-0.4, -0.2) is 50.2 Å². The van der Waals surface area contributed by atoms with Crippen molar-refractivity contribution < 1.29 is 9.53 Å². The van der Waals surface area contributed by atoms with Crippen LogP contribution in [0.1, 0.15) is 26.7 Å². The molecule has 19 heavy (non-hydrogen) atoms. The van der Waals surface area contributed by atoms with Crippen LogP contribution in [0, 0.1) is 23.2 Å². The van der Waals surface area contributed by atoms with Crippen molar-refractivity contribution in [3.05, 3.63) is 0 Å². The molecule has 1 fully saturated rings. The molecule has 2 unspecified atom stereocenters. The Morgan fingerprint density at radius 3 is 2.84 bits per heavy atom. The summed E-state index contributed by atoms with van der Waals surface area (Å²) in [4.78, 5) is 13.5. The van der Waals surface area contributed by atoms with Crippen molar-refractivity contribution in [2.24, 2.45) is 11.8 Å². The standard InChI is InChI=1S/C14H25N3O2/c1-11(2)8-16-13-6-12(7-14(18)19-3)9-17(10-13)5-4-15/h11-13,16H,5-10H2,1-3H3. The van der Waals surface area contributed by atoms with Gasteiger partial charge in [-0.2, -0.15) is 5.26 Å². The minimum atomic E-state index is -0.161. The van der Waals surface area contributed by atoms with Gasteiger partial charge < -0.3 is 10.1 Å². The third-order valence-electron chi connectivity index (χ3n) is 3.40. The van der Waals surface area contributed by atoms with Crippen molar-refractivity contribution in [2.75, 3.05) is 33.3 Å². The summed E-state index contributed by atoms with van der Waals surface area (Å²) in [6.07, 6.45) is 1.42. The summed E-state index contributed by atoms with van der Waals surface area (Å²) < 4.78 is 4.74. The number of likely N-dealkylation sites (tertiary alicyclic amines) is 1. The largest absolute Gasteiger partial charge is 0.469 e. The molecule has 0 radical (unpaired) electrons. The van der Waals surface area contributed by atoms with Crippen LogP contribution in [0.25, 0.3) is 0 Å². The first-order valence-electron chi connectivity index (χ1n) is 6.94. The monoisotopic (exact) mass is 267 g/mol. The lowest BCUT2D eigenvalue weighted by Gasteiger charge is -2.37. The smallest absolute Gasteiger partial charge is 0.305 e. The number of carbonyl (C=O) groups is 1. The molecule has 1 aliphatic heterocycles. The first-order chi connectivity index (χ1) is 9.05. The fourth-order valence-electron chi connectivity index (χ4n) is 2.55. The zero-order chi connectivity index (χ0) is 14.3. The second-order valence-electron chi connectivity index (χ2n) is 5.73. The minimum Gasteiger partial charge on any atom is -0.469 e. The highest BCUT2D eigenvalue weighted by Gasteiger charge is 2.28. The first-order valence-corrected chi connectivity index (χ1v) is 6.94. The van der Waals surface area contributed by atoms with Crippen molar-refractivity contribution in [1.29, 1.82) is 5.26 Å². The lowest BCUT2D eigenvalue weighted by molar-refractivity contribution is -0.142. The van der Waals surface area contributed by atoms with Crippen LogP contribution in [-0.2, 0) is 9.53 Å². The summed E-state index contributed by atoms with van der Waals surface area (Å²) in [7, 11) is 1.42. The molecular formula is C14H25N3O2. The van der Waals surface area contributed by atoms with Gasteiger partial charge in [0.25, 0.3) is 0 Å². The number of methoxy groups -OCH3 is 1. The van der Waals surface area contributed by atoms with Crippen LogP contribution in [0.3, 0.4) is 0 Å². The lowest BCUT2D eigenvalue weighted by atomic mass is 9.91. The van der Waals surface area contributed by atoms with Crippen molar-refractivity contribution in [2.45, 2.75) is 32.7 Å². The predicted octanol–water partition coefficient (Wildman–Crippen LogP) is 1.01. The number of hydrogen-bond acceptors (Lipinski definition) is 5. The molecule has 0 bridgehead atoms. The Kier molecular flexibility index (Phi) is 6.82. The second kappa shape index (κ2) is 8.13. The molecule has 1 saturated heterocycles. The molecule has 1 heterocycles. The third kappa shape index (κ3) is 6.04. The average molecular weight is 267 g/mol. The maximum atomic E-state index is 11.4. The number of piperidine rings is 1. The summed E-state index contributed by atoms with van der Waals surface area (Å²) >= 11 is 0. The SMILES string of the molecule is COC(=O)CC1CC(NCC(C)C)CN(CC#N)C1. The average Bonchev–Trinajstić information content (AvgIpc) is 2.36. The molecule has 108 valence electrons. The number of esters is 1. The summed E-state index contributed by atoms with van der Waals surface area (Å²) in [6, 6.07) is 2.55. The van der Waals surface area contributed by atoms with Gasteiger partial charge in [0.15, 0.2) is 0 Å². The van der Waals surface area contributed by atoms with Gasteiger partial charge >= 0.3 is 5.97 Å². The number of nitrogens with zero attached hydrogens (tertiary/aromatic N) is 2. The van der Waals surface area contributed by atoms with Crippen molar-refractivity contribution >= 4 is 5.97 Å². The van der Waals surface area contributed by atoms with Crippen LogP contribution in [0.15, 0.2) is 0 Å². The molecule has 0 aromatic rings.